The highest BCUT2D eigenvalue weighted by Gasteiger charge is 2.21. The number of aryl methyl sites for hydroxylation is 3. The molecule has 0 saturated heterocycles. The molecule has 0 radical (unpaired) electrons. The number of nitrogens with zero attached hydrogens (tertiary/aromatic N) is 1. The minimum atomic E-state index is -0.662. The van der Waals surface area contributed by atoms with Crippen molar-refractivity contribution in [3.05, 3.63) is 63.2 Å². The summed E-state index contributed by atoms with van der Waals surface area (Å²) in [6, 6.07) is 10.4. The lowest BCUT2D eigenvalue weighted by Crippen LogP contribution is -2.32. The molecule has 3 rings (SSSR count). The van der Waals surface area contributed by atoms with Gasteiger partial charge in [0.1, 0.15) is 5.75 Å². The number of benzene rings is 2. The lowest BCUT2D eigenvalue weighted by Gasteiger charge is -2.20. The second-order valence-electron chi connectivity index (χ2n) is 6.90. The van der Waals surface area contributed by atoms with Gasteiger partial charge in [0.15, 0.2) is 6.10 Å². The molecule has 0 aliphatic heterocycles. The fourth-order valence-corrected chi connectivity index (χ4v) is 3.34. The highest BCUT2D eigenvalue weighted by atomic mass is 16.6. The molecule has 0 fully saturated rings. The van der Waals surface area contributed by atoms with Crippen LogP contribution in [0, 0.1) is 17.0 Å². The average molecular weight is 368 g/mol. The monoisotopic (exact) mass is 368 g/mol. The lowest BCUT2D eigenvalue weighted by molar-refractivity contribution is -0.384. The van der Waals surface area contributed by atoms with Gasteiger partial charge in [-0.25, -0.2) is 0 Å². The van der Waals surface area contributed by atoms with E-state index in [2.05, 4.69) is 11.4 Å². The Morgan fingerprint density at radius 1 is 1.19 bits per heavy atom. The largest absolute Gasteiger partial charge is 0.481 e. The number of nitro groups is 1. The van der Waals surface area contributed by atoms with Crippen molar-refractivity contribution in [3.63, 3.8) is 0 Å². The molecule has 2 aromatic carbocycles. The molecule has 0 bridgehead atoms. The molecule has 0 heterocycles. The molecule has 1 amide bonds. The highest BCUT2D eigenvalue weighted by molar-refractivity contribution is 5.95. The predicted octanol–water partition coefficient (Wildman–Crippen LogP) is 4.58. The first kappa shape index (κ1) is 18.9. The maximum absolute atomic E-state index is 12.7. The van der Waals surface area contributed by atoms with Crippen molar-refractivity contribution < 1.29 is 14.5 Å². The Hall–Kier alpha value is -2.89. The predicted molar refractivity (Wildman–Crippen MR) is 104 cm³/mol. The van der Waals surface area contributed by atoms with E-state index in [1.807, 2.05) is 19.1 Å². The van der Waals surface area contributed by atoms with Crippen LogP contribution in [0.5, 0.6) is 5.75 Å². The first-order valence-corrected chi connectivity index (χ1v) is 9.32. The summed E-state index contributed by atoms with van der Waals surface area (Å²) in [5.41, 5.74) is 3.79. The van der Waals surface area contributed by atoms with Crippen LogP contribution < -0.4 is 10.1 Å². The number of anilines is 1. The Kier molecular flexibility index (Phi) is 5.74. The fourth-order valence-electron chi connectivity index (χ4n) is 3.34. The van der Waals surface area contributed by atoms with E-state index in [1.165, 1.54) is 36.1 Å². The topological polar surface area (TPSA) is 81.5 Å². The number of nitro benzene ring substituents is 1. The van der Waals surface area contributed by atoms with Gasteiger partial charge in [0, 0.05) is 12.1 Å². The summed E-state index contributed by atoms with van der Waals surface area (Å²) in [4.78, 5) is 23.2. The Labute approximate surface area is 158 Å². The van der Waals surface area contributed by atoms with E-state index >= 15 is 0 Å². The van der Waals surface area contributed by atoms with E-state index in [0.717, 1.165) is 18.4 Å². The SMILES string of the molecule is CC[C@@H](Oc1ccc2c(c1)CCCC2)C(=O)Nc1cc([N+](=O)[O-])ccc1C. The number of nitrogens with one attached hydrogen (secondary N) is 1. The van der Waals surface area contributed by atoms with E-state index in [4.69, 9.17) is 4.74 Å². The van der Waals surface area contributed by atoms with Crippen molar-refractivity contribution in [2.45, 2.75) is 52.1 Å². The van der Waals surface area contributed by atoms with Gasteiger partial charge in [-0.15, -0.1) is 0 Å². The highest BCUT2D eigenvalue weighted by Crippen LogP contribution is 2.27. The molecule has 1 atom stereocenters. The van der Waals surface area contributed by atoms with Crippen molar-refractivity contribution >= 4 is 17.3 Å². The van der Waals surface area contributed by atoms with Crippen LogP contribution in [0.2, 0.25) is 0 Å². The average Bonchev–Trinajstić information content (AvgIpc) is 2.67. The zero-order valence-corrected chi connectivity index (χ0v) is 15.7. The summed E-state index contributed by atoms with van der Waals surface area (Å²) < 4.78 is 5.94. The maximum Gasteiger partial charge on any atom is 0.271 e. The van der Waals surface area contributed by atoms with Crippen LogP contribution >= 0.6 is 0 Å². The summed E-state index contributed by atoms with van der Waals surface area (Å²) in [6.07, 6.45) is 4.37. The van der Waals surface area contributed by atoms with Gasteiger partial charge in [0.2, 0.25) is 0 Å². The van der Waals surface area contributed by atoms with E-state index in [1.54, 1.807) is 13.0 Å². The van der Waals surface area contributed by atoms with Crippen LogP contribution in [-0.2, 0) is 17.6 Å². The van der Waals surface area contributed by atoms with E-state index in [9.17, 15) is 14.9 Å². The molecule has 27 heavy (non-hydrogen) atoms. The molecule has 6 heteroatoms. The summed E-state index contributed by atoms with van der Waals surface area (Å²) in [5, 5.41) is 13.7. The van der Waals surface area contributed by atoms with Crippen molar-refractivity contribution in [2.75, 3.05) is 5.32 Å². The lowest BCUT2D eigenvalue weighted by atomic mass is 9.92. The van der Waals surface area contributed by atoms with Crippen molar-refractivity contribution in [2.24, 2.45) is 0 Å². The normalized spacial score (nSPS) is 14.1. The van der Waals surface area contributed by atoms with Gasteiger partial charge in [0.25, 0.3) is 11.6 Å². The summed E-state index contributed by atoms with van der Waals surface area (Å²) in [7, 11) is 0. The van der Waals surface area contributed by atoms with E-state index in [0.29, 0.717) is 17.9 Å². The molecule has 0 saturated carbocycles. The molecular formula is C21H24N2O4. The molecule has 0 aromatic heterocycles. The molecule has 1 N–H and O–H groups in total. The van der Waals surface area contributed by atoms with Gasteiger partial charge in [0.05, 0.1) is 10.6 Å². The third-order valence-electron chi connectivity index (χ3n) is 4.95. The molecule has 2 aromatic rings. The summed E-state index contributed by atoms with van der Waals surface area (Å²) in [5.74, 6) is 0.382. The zero-order valence-electron chi connectivity index (χ0n) is 15.7. The van der Waals surface area contributed by atoms with Gasteiger partial charge in [-0.1, -0.05) is 19.1 Å². The van der Waals surface area contributed by atoms with Crippen LogP contribution in [0.4, 0.5) is 11.4 Å². The summed E-state index contributed by atoms with van der Waals surface area (Å²) >= 11 is 0. The standard InChI is InChI=1S/C21H24N2O4/c1-3-20(27-18-11-9-15-6-4-5-7-16(15)12-18)21(24)22-19-13-17(23(25)26)10-8-14(19)2/h8-13,20H,3-7H2,1-2H3,(H,22,24)/t20-/m1/s1. The van der Waals surface area contributed by atoms with Crippen molar-refractivity contribution in [1.29, 1.82) is 0 Å². The first-order valence-electron chi connectivity index (χ1n) is 9.32. The molecular weight excluding hydrogens is 344 g/mol. The van der Waals surface area contributed by atoms with Gasteiger partial charge in [-0.2, -0.15) is 0 Å². The van der Waals surface area contributed by atoms with Crippen molar-refractivity contribution in [1.82, 2.24) is 0 Å². The second-order valence-corrected chi connectivity index (χ2v) is 6.90. The van der Waals surface area contributed by atoms with Crippen molar-refractivity contribution in [3.8, 4) is 5.75 Å². The number of hydrogen-bond donors (Lipinski definition) is 1. The molecule has 6 nitrogen and oxygen atoms in total. The van der Waals surface area contributed by atoms with Crippen LogP contribution in [-0.4, -0.2) is 16.9 Å². The molecule has 1 aliphatic rings. The quantitative estimate of drug-likeness (QED) is 0.598. The number of rotatable bonds is 6. The van der Waals surface area contributed by atoms with Crippen LogP contribution in [0.1, 0.15) is 42.9 Å². The van der Waals surface area contributed by atoms with Gasteiger partial charge in [-0.05, 0) is 67.9 Å². The van der Waals surface area contributed by atoms with Crippen LogP contribution in [0.15, 0.2) is 36.4 Å². The minimum Gasteiger partial charge on any atom is -0.481 e. The molecule has 142 valence electrons. The first-order chi connectivity index (χ1) is 13.0. The van der Waals surface area contributed by atoms with Gasteiger partial charge < -0.3 is 10.1 Å². The smallest absolute Gasteiger partial charge is 0.271 e. The molecule has 0 unspecified atom stereocenters. The Morgan fingerprint density at radius 2 is 1.93 bits per heavy atom. The number of hydrogen-bond acceptors (Lipinski definition) is 4. The van der Waals surface area contributed by atoms with E-state index < -0.39 is 11.0 Å². The Bertz CT molecular complexity index is 863. The minimum absolute atomic E-state index is 0.0560. The number of fused-ring (bicyclic) bond motifs is 1. The fraction of sp³-hybridized carbons (Fsp3) is 0.381. The number of carbonyl (C=O) groups excluding carboxylic acids is 1. The third-order valence-corrected chi connectivity index (χ3v) is 4.95. The van der Waals surface area contributed by atoms with Crippen LogP contribution in [0.3, 0.4) is 0 Å². The molecule has 1 aliphatic carbocycles. The maximum atomic E-state index is 12.7. The third kappa shape index (κ3) is 4.45. The Morgan fingerprint density at radius 3 is 2.63 bits per heavy atom. The van der Waals surface area contributed by atoms with Crippen LogP contribution in [0.25, 0.3) is 0 Å². The number of carbonyl (C=O) groups is 1. The zero-order chi connectivity index (χ0) is 19.4. The Balaban J connectivity index is 1.73. The van der Waals surface area contributed by atoms with Gasteiger partial charge in [-0.3, -0.25) is 14.9 Å². The van der Waals surface area contributed by atoms with Gasteiger partial charge >= 0.3 is 0 Å². The number of non-ortho nitro benzene ring substituents is 1. The summed E-state index contributed by atoms with van der Waals surface area (Å²) in [6.45, 7) is 3.67. The second kappa shape index (κ2) is 8.20. The number of amides is 1. The van der Waals surface area contributed by atoms with E-state index in [-0.39, 0.29) is 11.6 Å². The molecule has 0 spiro atoms. The number of ether oxygens (including phenoxy) is 1.